The summed E-state index contributed by atoms with van der Waals surface area (Å²) in [5.74, 6) is -3.64. The summed E-state index contributed by atoms with van der Waals surface area (Å²) in [7, 11) is 1.58. The number of methoxy groups -OCH3 is 1. The van der Waals surface area contributed by atoms with Crippen molar-refractivity contribution in [2.24, 2.45) is 17.6 Å². The van der Waals surface area contributed by atoms with Gasteiger partial charge in [-0.25, -0.2) is 13.2 Å². The second-order valence-electron chi connectivity index (χ2n) is 9.43. The van der Waals surface area contributed by atoms with Crippen molar-refractivity contribution in [3.8, 4) is 5.75 Å². The van der Waals surface area contributed by atoms with E-state index in [-0.39, 0.29) is 10.8 Å². The van der Waals surface area contributed by atoms with Gasteiger partial charge in [0.25, 0.3) is 0 Å². The number of carboxylic acids is 1. The summed E-state index contributed by atoms with van der Waals surface area (Å²) in [6.45, 7) is 1.48. The number of carbonyl (C=O) groups is 1. The van der Waals surface area contributed by atoms with Gasteiger partial charge in [-0.05, 0) is 61.6 Å². The van der Waals surface area contributed by atoms with Crippen LogP contribution in [0.5, 0.6) is 5.75 Å². The van der Waals surface area contributed by atoms with Gasteiger partial charge in [-0.1, -0.05) is 11.6 Å². The van der Waals surface area contributed by atoms with E-state index in [1.54, 1.807) is 13.3 Å². The fourth-order valence-electron chi connectivity index (χ4n) is 5.03. The van der Waals surface area contributed by atoms with Crippen LogP contribution in [-0.2, 0) is 4.79 Å². The Morgan fingerprint density at radius 1 is 1.32 bits per heavy atom. The Morgan fingerprint density at radius 3 is 2.84 bits per heavy atom. The van der Waals surface area contributed by atoms with E-state index >= 15 is 0 Å². The van der Waals surface area contributed by atoms with E-state index in [2.05, 4.69) is 4.98 Å². The minimum absolute atomic E-state index is 0.0707. The Hall–Kier alpha value is -2.53. The molecule has 38 heavy (non-hydrogen) atoms. The lowest BCUT2D eigenvalue weighted by Crippen LogP contribution is -2.44. The summed E-state index contributed by atoms with van der Waals surface area (Å²) in [6, 6.07) is 6.57. The number of thioether (sulfide) groups is 1. The maximum absolute atomic E-state index is 13.9. The fourth-order valence-corrected chi connectivity index (χ4v) is 6.31. The summed E-state index contributed by atoms with van der Waals surface area (Å²) >= 11 is 7.49. The highest BCUT2D eigenvalue weighted by atomic mass is 35.5. The van der Waals surface area contributed by atoms with E-state index in [4.69, 9.17) is 22.1 Å². The van der Waals surface area contributed by atoms with Crippen molar-refractivity contribution in [1.29, 1.82) is 0 Å². The minimum atomic E-state index is -1.22. The van der Waals surface area contributed by atoms with E-state index in [1.165, 1.54) is 0 Å². The highest BCUT2D eigenvalue weighted by Gasteiger charge is 2.34. The molecule has 0 radical (unpaired) electrons. The number of nitrogens with zero attached hydrogens (tertiary/aromatic N) is 2. The van der Waals surface area contributed by atoms with Gasteiger partial charge in [-0.15, -0.1) is 11.8 Å². The number of benzene rings is 2. The number of carboxylic acid groups (broad SMARTS) is 1. The Balaban J connectivity index is 1.36. The molecule has 2 unspecified atom stereocenters. The van der Waals surface area contributed by atoms with Crippen molar-refractivity contribution >= 4 is 40.2 Å². The molecule has 1 aliphatic heterocycles. The molecule has 11 heteroatoms. The number of rotatable bonds is 10. The van der Waals surface area contributed by atoms with Crippen LogP contribution in [0.3, 0.4) is 0 Å². The van der Waals surface area contributed by atoms with Gasteiger partial charge in [0.15, 0.2) is 11.6 Å². The normalized spacial score (nSPS) is 19.0. The van der Waals surface area contributed by atoms with Crippen LogP contribution < -0.4 is 10.5 Å². The molecule has 3 atom stereocenters. The molecule has 1 aliphatic rings. The predicted molar refractivity (Wildman–Crippen MR) is 142 cm³/mol. The van der Waals surface area contributed by atoms with Crippen LogP contribution in [0.1, 0.15) is 30.9 Å². The topological polar surface area (TPSA) is 88.7 Å². The number of nitrogens with two attached hydrogens (primary N) is 1. The average molecular weight is 568 g/mol. The van der Waals surface area contributed by atoms with E-state index in [0.717, 1.165) is 34.3 Å². The molecule has 0 saturated carbocycles. The second-order valence-corrected chi connectivity index (χ2v) is 11.0. The minimum Gasteiger partial charge on any atom is -0.497 e. The molecule has 0 amide bonds. The summed E-state index contributed by atoms with van der Waals surface area (Å²) in [5, 5.41) is 11.2. The van der Waals surface area contributed by atoms with Gasteiger partial charge in [-0.3, -0.25) is 9.78 Å². The number of piperidine rings is 1. The summed E-state index contributed by atoms with van der Waals surface area (Å²) in [4.78, 5) is 18.4. The molecule has 6 nitrogen and oxygen atoms in total. The maximum atomic E-state index is 13.9. The largest absolute Gasteiger partial charge is 0.497 e. The monoisotopic (exact) mass is 567 g/mol. The summed E-state index contributed by atoms with van der Waals surface area (Å²) in [5.41, 5.74) is 8.08. The molecule has 1 aromatic heterocycles. The van der Waals surface area contributed by atoms with Gasteiger partial charge >= 0.3 is 5.97 Å². The zero-order chi connectivity index (χ0) is 27.4. The standard InChI is InChI=1S/C27H29ClF3N3O3S/c1-37-17-3-5-23-18(12-17)25(20(28)13-33-23)22(32)4-2-15-6-7-34(14-19(15)27(35)36)8-9-38-24-11-16(29)10-21(30)26(24)31/h3,5,10-13,15,19,22H,2,4,6-9,14,32H2,1H3,(H,35,36)/t15?,19?,22-/m1/s1. The van der Waals surface area contributed by atoms with Gasteiger partial charge in [0.1, 0.15) is 11.6 Å². The molecule has 1 fully saturated rings. The van der Waals surface area contributed by atoms with Crippen LogP contribution in [0.4, 0.5) is 13.2 Å². The third-order valence-electron chi connectivity index (χ3n) is 7.07. The molecule has 2 heterocycles. The van der Waals surface area contributed by atoms with Crippen molar-refractivity contribution in [2.45, 2.75) is 30.2 Å². The molecular formula is C27H29ClF3N3O3S. The fraction of sp³-hybridized carbons (Fsp3) is 0.407. The van der Waals surface area contributed by atoms with E-state index in [0.29, 0.717) is 61.5 Å². The van der Waals surface area contributed by atoms with Gasteiger partial charge in [0, 0.05) is 47.4 Å². The van der Waals surface area contributed by atoms with Gasteiger partial charge < -0.3 is 20.5 Å². The highest BCUT2D eigenvalue weighted by molar-refractivity contribution is 7.99. The lowest BCUT2D eigenvalue weighted by Gasteiger charge is -2.37. The average Bonchev–Trinajstić information content (AvgIpc) is 2.89. The SMILES string of the molecule is COc1ccc2ncc(Cl)c([C@H](N)CCC3CCN(CCSc4cc(F)cc(F)c4F)CC3C(=O)O)c2c1. The van der Waals surface area contributed by atoms with Gasteiger partial charge in [0.05, 0.1) is 23.6 Å². The van der Waals surface area contributed by atoms with Gasteiger partial charge in [0.2, 0.25) is 0 Å². The molecule has 0 bridgehead atoms. The molecular weight excluding hydrogens is 539 g/mol. The quantitative estimate of drug-likeness (QED) is 0.233. The molecule has 2 aromatic carbocycles. The molecule has 1 saturated heterocycles. The van der Waals surface area contributed by atoms with Crippen molar-refractivity contribution < 1.29 is 27.8 Å². The Labute approximate surface area is 228 Å². The van der Waals surface area contributed by atoms with Crippen molar-refractivity contribution in [1.82, 2.24) is 9.88 Å². The van der Waals surface area contributed by atoms with E-state index < -0.39 is 35.4 Å². The first-order chi connectivity index (χ1) is 18.2. The Morgan fingerprint density at radius 2 is 2.11 bits per heavy atom. The lowest BCUT2D eigenvalue weighted by atomic mass is 9.81. The van der Waals surface area contributed by atoms with Crippen LogP contribution in [0.2, 0.25) is 5.02 Å². The van der Waals surface area contributed by atoms with Crippen molar-refractivity contribution in [3.63, 3.8) is 0 Å². The number of hydrogen-bond donors (Lipinski definition) is 2. The number of ether oxygens (including phenoxy) is 1. The smallest absolute Gasteiger partial charge is 0.308 e. The van der Waals surface area contributed by atoms with Crippen LogP contribution >= 0.6 is 23.4 Å². The number of pyridine rings is 1. The second kappa shape index (κ2) is 12.5. The first kappa shape index (κ1) is 28.5. The molecule has 3 N–H and O–H groups in total. The number of hydrogen-bond acceptors (Lipinski definition) is 6. The molecule has 3 aromatic rings. The third-order valence-corrected chi connectivity index (χ3v) is 8.37. The Bertz CT molecular complexity index is 1320. The number of likely N-dealkylation sites (tertiary alicyclic amines) is 1. The molecule has 0 spiro atoms. The molecule has 204 valence electrons. The van der Waals surface area contributed by atoms with Crippen LogP contribution in [-0.4, -0.2) is 53.5 Å². The maximum Gasteiger partial charge on any atom is 0.308 e. The zero-order valence-electron chi connectivity index (χ0n) is 20.8. The van der Waals surface area contributed by atoms with Crippen LogP contribution in [0, 0.1) is 29.3 Å². The van der Waals surface area contributed by atoms with Crippen molar-refractivity contribution in [2.75, 3.05) is 32.5 Å². The van der Waals surface area contributed by atoms with Gasteiger partial charge in [-0.2, -0.15) is 0 Å². The van der Waals surface area contributed by atoms with Crippen LogP contribution in [0.25, 0.3) is 10.9 Å². The van der Waals surface area contributed by atoms with E-state index in [9.17, 15) is 23.1 Å². The number of aliphatic carboxylic acids is 1. The Kier molecular flexibility index (Phi) is 9.40. The first-order valence-corrected chi connectivity index (χ1v) is 13.6. The number of halogens is 4. The summed E-state index contributed by atoms with van der Waals surface area (Å²) in [6.07, 6.45) is 3.39. The third kappa shape index (κ3) is 6.54. The highest BCUT2D eigenvalue weighted by Crippen LogP contribution is 2.36. The van der Waals surface area contributed by atoms with Crippen molar-refractivity contribution in [3.05, 3.63) is 64.6 Å². The first-order valence-electron chi connectivity index (χ1n) is 12.3. The molecule has 4 rings (SSSR count). The van der Waals surface area contributed by atoms with E-state index in [1.807, 2.05) is 23.1 Å². The lowest BCUT2D eigenvalue weighted by molar-refractivity contribution is -0.146. The zero-order valence-corrected chi connectivity index (χ0v) is 22.4. The molecule has 0 aliphatic carbocycles. The predicted octanol–water partition coefficient (Wildman–Crippen LogP) is 5.91. The number of fused-ring (bicyclic) bond motifs is 1. The summed E-state index contributed by atoms with van der Waals surface area (Å²) < 4.78 is 46.1. The number of aromatic nitrogens is 1. The van der Waals surface area contributed by atoms with Crippen LogP contribution in [0.15, 0.2) is 41.4 Å².